The van der Waals surface area contributed by atoms with Gasteiger partial charge in [-0.1, -0.05) is 63.4 Å². The molecule has 1 aromatic rings. The van der Waals surface area contributed by atoms with Crippen LogP contribution >= 0.6 is 0 Å². The van der Waals surface area contributed by atoms with Gasteiger partial charge in [0.25, 0.3) is 0 Å². The van der Waals surface area contributed by atoms with E-state index in [1.54, 1.807) is 20.8 Å². The van der Waals surface area contributed by atoms with E-state index >= 15 is 0 Å². The summed E-state index contributed by atoms with van der Waals surface area (Å²) in [5.74, 6) is -0.659. The quantitative estimate of drug-likeness (QED) is 0.520. The van der Waals surface area contributed by atoms with Crippen LogP contribution < -0.4 is 10.6 Å². The zero-order chi connectivity index (χ0) is 24.4. The Morgan fingerprint density at radius 1 is 1.00 bits per heavy atom. The number of rotatable bonds is 9. The minimum absolute atomic E-state index is 0.00584. The summed E-state index contributed by atoms with van der Waals surface area (Å²) in [4.78, 5) is 38.6. The highest BCUT2D eigenvalue weighted by atomic mass is 16.6. The van der Waals surface area contributed by atoms with E-state index in [0.717, 1.165) is 37.7 Å². The van der Waals surface area contributed by atoms with E-state index in [-0.39, 0.29) is 24.3 Å². The molecule has 0 unspecified atom stereocenters. The Morgan fingerprint density at radius 3 is 2.21 bits per heavy atom. The smallest absolute Gasteiger partial charge is 0.408 e. The fraction of sp³-hybridized carbons (Fsp3) is 0.654. The Kier molecular flexibility index (Phi) is 10.2. The van der Waals surface area contributed by atoms with Crippen LogP contribution in [0, 0.1) is 11.8 Å². The molecule has 0 spiro atoms. The number of hydrogen-bond donors (Lipinski definition) is 2. The largest absolute Gasteiger partial charge is 0.459 e. The van der Waals surface area contributed by atoms with E-state index in [0.29, 0.717) is 6.42 Å². The highest BCUT2D eigenvalue weighted by molar-refractivity contribution is 5.90. The SMILES string of the molecule is CC(C)C[C@H](NC(=O)[C@@H](NC(=O)OC(C)(C)C)C1CCCCC1)C(=O)OCc1ccccc1. The van der Waals surface area contributed by atoms with Gasteiger partial charge in [-0.2, -0.15) is 0 Å². The van der Waals surface area contributed by atoms with E-state index in [1.165, 1.54) is 0 Å². The third-order valence-electron chi connectivity index (χ3n) is 5.61. The lowest BCUT2D eigenvalue weighted by Gasteiger charge is -2.32. The van der Waals surface area contributed by atoms with Crippen molar-refractivity contribution < 1.29 is 23.9 Å². The van der Waals surface area contributed by atoms with Crippen molar-refractivity contribution in [3.8, 4) is 0 Å². The molecule has 1 fully saturated rings. The molecule has 184 valence electrons. The maximum atomic E-state index is 13.3. The van der Waals surface area contributed by atoms with Gasteiger partial charge in [-0.3, -0.25) is 4.79 Å². The maximum Gasteiger partial charge on any atom is 0.408 e. The normalized spacial score (nSPS) is 16.5. The average Bonchev–Trinajstić information content (AvgIpc) is 2.75. The highest BCUT2D eigenvalue weighted by Crippen LogP contribution is 2.27. The van der Waals surface area contributed by atoms with Gasteiger partial charge in [0, 0.05) is 0 Å². The summed E-state index contributed by atoms with van der Waals surface area (Å²) < 4.78 is 10.9. The number of carbonyl (C=O) groups excluding carboxylic acids is 3. The Labute approximate surface area is 198 Å². The summed E-state index contributed by atoms with van der Waals surface area (Å²) in [6, 6.07) is 7.89. The van der Waals surface area contributed by atoms with Gasteiger partial charge in [-0.15, -0.1) is 0 Å². The zero-order valence-electron chi connectivity index (χ0n) is 20.7. The standard InChI is InChI=1S/C26H40N2O5/c1-18(2)16-21(24(30)32-17-19-12-8-6-9-13-19)27-23(29)22(20-14-10-7-11-15-20)28-25(31)33-26(3,4)5/h6,8-9,12-13,18,20-22H,7,10-11,14-17H2,1-5H3,(H,27,29)(H,28,31)/t21-,22-/m0/s1. The molecule has 2 N–H and O–H groups in total. The van der Waals surface area contributed by atoms with Gasteiger partial charge in [0.1, 0.15) is 24.3 Å². The topological polar surface area (TPSA) is 93.7 Å². The van der Waals surface area contributed by atoms with Crippen LogP contribution in [0.15, 0.2) is 30.3 Å². The van der Waals surface area contributed by atoms with Crippen LogP contribution in [0.5, 0.6) is 0 Å². The molecule has 2 atom stereocenters. The average molecular weight is 461 g/mol. The summed E-state index contributed by atoms with van der Waals surface area (Å²) in [7, 11) is 0. The molecule has 1 saturated carbocycles. The number of benzene rings is 1. The first-order valence-corrected chi connectivity index (χ1v) is 12.1. The Hall–Kier alpha value is -2.57. The molecular weight excluding hydrogens is 420 g/mol. The number of alkyl carbamates (subject to hydrolysis) is 1. The second kappa shape index (κ2) is 12.6. The van der Waals surface area contributed by atoms with Gasteiger partial charge in [-0.05, 0) is 57.4 Å². The van der Waals surface area contributed by atoms with Crippen molar-refractivity contribution in [2.75, 3.05) is 0 Å². The number of hydrogen-bond acceptors (Lipinski definition) is 5. The first-order valence-electron chi connectivity index (χ1n) is 12.1. The van der Waals surface area contributed by atoms with Gasteiger partial charge < -0.3 is 20.1 Å². The van der Waals surface area contributed by atoms with Gasteiger partial charge >= 0.3 is 12.1 Å². The lowest BCUT2D eigenvalue weighted by molar-refractivity contribution is -0.150. The number of nitrogens with one attached hydrogen (secondary N) is 2. The molecule has 7 nitrogen and oxygen atoms in total. The summed E-state index contributed by atoms with van der Waals surface area (Å²) in [6.45, 7) is 9.46. The van der Waals surface area contributed by atoms with Crippen LogP contribution in [-0.2, 0) is 25.7 Å². The number of amides is 2. The lowest BCUT2D eigenvalue weighted by atomic mass is 9.83. The molecule has 0 saturated heterocycles. The van der Waals surface area contributed by atoms with E-state index < -0.39 is 29.7 Å². The van der Waals surface area contributed by atoms with Gasteiger partial charge in [0.2, 0.25) is 5.91 Å². The summed E-state index contributed by atoms with van der Waals surface area (Å²) in [5, 5.41) is 5.64. The van der Waals surface area contributed by atoms with Crippen molar-refractivity contribution in [1.29, 1.82) is 0 Å². The van der Waals surface area contributed by atoms with Crippen molar-refractivity contribution in [1.82, 2.24) is 10.6 Å². The van der Waals surface area contributed by atoms with Crippen LogP contribution in [-0.4, -0.2) is 35.7 Å². The summed E-state index contributed by atoms with van der Waals surface area (Å²) in [5.41, 5.74) is 0.214. The predicted octanol–water partition coefficient (Wildman–Crippen LogP) is 4.73. The molecule has 33 heavy (non-hydrogen) atoms. The molecule has 0 aromatic heterocycles. The zero-order valence-corrected chi connectivity index (χ0v) is 20.7. The number of esters is 1. The van der Waals surface area contributed by atoms with Crippen molar-refractivity contribution in [3.63, 3.8) is 0 Å². The van der Waals surface area contributed by atoms with Crippen LogP contribution in [0.4, 0.5) is 4.79 Å². The van der Waals surface area contributed by atoms with Crippen LogP contribution in [0.3, 0.4) is 0 Å². The fourth-order valence-corrected chi connectivity index (χ4v) is 4.08. The van der Waals surface area contributed by atoms with Crippen LogP contribution in [0.1, 0.15) is 78.7 Å². The van der Waals surface area contributed by atoms with E-state index in [1.807, 2.05) is 44.2 Å². The Morgan fingerprint density at radius 2 is 1.64 bits per heavy atom. The second-order valence-electron chi connectivity index (χ2n) is 10.3. The highest BCUT2D eigenvalue weighted by Gasteiger charge is 2.35. The first-order chi connectivity index (χ1) is 15.5. The molecular formula is C26H40N2O5. The second-order valence-corrected chi connectivity index (χ2v) is 10.3. The first kappa shape index (κ1) is 26.7. The lowest BCUT2D eigenvalue weighted by Crippen LogP contribution is -2.55. The molecule has 2 amide bonds. The van der Waals surface area contributed by atoms with Crippen molar-refractivity contribution in [3.05, 3.63) is 35.9 Å². The number of ether oxygens (including phenoxy) is 2. The van der Waals surface area contributed by atoms with E-state index in [2.05, 4.69) is 10.6 Å². The molecule has 1 aromatic carbocycles. The molecule has 2 rings (SSSR count). The monoisotopic (exact) mass is 460 g/mol. The molecule has 1 aliphatic rings. The molecule has 0 aliphatic heterocycles. The fourth-order valence-electron chi connectivity index (χ4n) is 4.08. The van der Waals surface area contributed by atoms with Gasteiger partial charge in [0.15, 0.2) is 0 Å². The Balaban J connectivity index is 2.09. The van der Waals surface area contributed by atoms with Gasteiger partial charge in [0.05, 0.1) is 0 Å². The van der Waals surface area contributed by atoms with Gasteiger partial charge in [-0.25, -0.2) is 9.59 Å². The maximum absolute atomic E-state index is 13.3. The third kappa shape index (κ3) is 9.84. The van der Waals surface area contributed by atoms with Crippen molar-refractivity contribution in [2.45, 2.75) is 97.4 Å². The molecule has 1 aliphatic carbocycles. The van der Waals surface area contributed by atoms with Crippen molar-refractivity contribution in [2.24, 2.45) is 11.8 Å². The molecule has 0 heterocycles. The minimum Gasteiger partial charge on any atom is -0.459 e. The minimum atomic E-state index is -0.785. The molecule has 0 radical (unpaired) electrons. The van der Waals surface area contributed by atoms with E-state index in [9.17, 15) is 14.4 Å². The van der Waals surface area contributed by atoms with Crippen LogP contribution in [0.2, 0.25) is 0 Å². The molecule has 0 bridgehead atoms. The third-order valence-corrected chi connectivity index (χ3v) is 5.61. The molecule has 7 heteroatoms. The summed E-state index contributed by atoms with van der Waals surface area (Å²) >= 11 is 0. The predicted molar refractivity (Wildman–Crippen MR) is 127 cm³/mol. The number of carbonyl (C=O) groups is 3. The van der Waals surface area contributed by atoms with Crippen LogP contribution in [0.25, 0.3) is 0 Å². The summed E-state index contributed by atoms with van der Waals surface area (Å²) in [6.07, 6.45) is 4.67. The van der Waals surface area contributed by atoms with Crippen molar-refractivity contribution >= 4 is 18.0 Å². The Bertz CT molecular complexity index is 767. The van der Waals surface area contributed by atoms with E-state index in [4.69, 9.17) is 9.47 Å².